The number of hydrogen-bond donors (Lipinski definition) is 1. The van der Waals surface area contributed by atoms with Crippen molar-refractivity contribution in [3.8, 4) is 5.75 Å². The lowest BCUT2D eigenvalue weighted by atomic mass is 10.2. The van der Waals surface area contributed by atoms with Crippen LogP contribution in [-0.2, 0) is 16.6 Å². The fourth-order valence-electron chi connectivity index (χ4n) is 1.56. The number of ether oxygens (including phenoxy) is 1. The Morgan fingerprint density at radius 2 is 1.84 bits per heavy atom. The van der Waals surface area contributed by atoms with E-state index in [0.29, 0.717) is 13.0 Å². The van der Waals surface area contributed by atoms with Gasteiger partial charge in [-0.1, -0.05) is 25.5 Å². The first kappa shape index (κ1) is 16.0. The lowest BCUT2D eigenvalue weighted by Crippen LogP contribution is -2.25. The molecular weight excluding hydrogens is 262 g/mol. The van der Waals surface area contributed by atoms with Gasteiger partial charge in [0.15, 0.2) is 0 Å². The summed E-state index contributed by atoms with van der Waals surface area (Å²) in [7, 11) is -3.15. The van der Waals surface area contributed by atoms with Crippen molar-refractivity contribution in [3.05, 3.63) is 29.8 Å². The van der Waals surface area contributed by atoms with Crippen molar-refractivity contribution in [1.82, 2.24) is 4.72 Å². The highest BCUT2D eigenvalue weighted by Crippen LogP contribution is 2.13. The molecule has 0 radical (unpaired) electrons. The third-order valence-electron chi connectivity index (χ3n) is 2.56. The highest BCUT2D eigenvalue weighted by molar-refractivity contribution is 7.89. The Kier molecular flexibility index (Phi) is 6.31. The van der Waals surface area contributed by atoms with Crippen LogP contribution in [0.5, 0.6) is 5.75 Å². The molecule has 5 heteroatoms. The number of rotatable bonds is 8. The van der Waals surface area contributed by atoms with E-state index in [4.69, 9.17) is 4.74 Å². The average Bonchev–Trinajstić information content (AvgIpc) is 2.35. The molecule has 0 aliphatic rings. The zero-order chi connectivity index (χ0) is 14.3. The Labute approximate surface area is 116 Å². The van der Waals surface area contributed by atoms with Gasteiger partial charge in [0.05, 0.1) is 11.9 Å². The molecule has 0 bridgehead atoms. The quantitative estimate of drug-likeness (QED) is 0.799. The van der Waals surface area contributed by atoms with Gasteiger partial charge < -0.3 is 4.74 Å². The molecular formula is C14H23NO3S. The van der Waals surface area contributed by atoms with Crippen LogP contribution in [0.25, 0.3) is 0 Å². The third-order valence-corrected chi connectivity index (χ3v) is 3.97. The molecule has 0 aromatic heterocycles. The molecule has 0 spiro atoms. The normalized spacial score (nSPS) is 11.8. The van der Waals surface area contributed by atoms with E-state index in [0.717, 1.165) is 17.7 Å². The topological polar surface area (TPSA) is 55.4 Å². The monoisotopic (exact) mass is 285 g/mol. The molecule has 19 heavy (non-hydrogen) atoms. The minimum absolute atomic E-state index is 0.137. The second-order valence-corrected chi connectivity index (χ2v) is 6.73. The number of benzene rings is 1. The number of unbranched alkanes of at least 4 members (excludes halogenated alkanes) is 1. The van der Waals surface area contributed by atoms with Crippen LogP contribution in [0.15, 0.2) is 24.3 Å². The minimum Gasteiger partial charge on any atom is -0.491 e. The van der Waals surface area contributed by atoms with Gasteiger partial charge in [0, 0.05) is 6.54 Å². The second-order valence-electron chi connectivity index (χ2n) is 4.80. The summed E-state index contributed by atoms with van der Waals surface area (Å²) in [6.07, 6.45) is 1.71. The number of hydrogen-bond acceptors (Lipinski definition) is 3. The van der Waals surface area contributed by atoms with Crippen LogP contribution in [-0.4, -0.2) is 20.3 Å². The highest BCUT2D eigenvalue weighted by atomic mass is 32.2. The van der Waals surface area contributed by atoms with Crippen molar-refractivity contribution in [2.75, 3.05) is 5.75 Å². The van der Waals surface area contributed by atoms with Gasteiger partial charge >= 0.3 is 0 Å². The van der Waals surface area contributed by atoms with Crippen LogP contribution in [0.1, 0.15) is 39.2 Å². The Balaban J connectivity index is 2.50. The van der Waals surface area contributed by atoms with Crippen molar-refractivity contribution < 1.29 is 13.2 Å². The van der Waals surface area contributed by atoms with Gasteiger partial charge in [0.25, 0.3) is 0 Å². The molecule has 108 valence electrons. The average molecular weight is 285 g/mol. The first-order valence-electron chi connectivity index (χ1n) is 6.66. The molecule has 0 saturated carbocycles. The van der Waals surface area contributed by atoms with Gasteiger partial charge in [-0.2, -0.15) is 0 Å². The summed E-state index contributed by atoms with van der Waals surface area (Å²) in [5.74, 6) is 0.991. The molecule has 1 aromatic rings. The van der Waals surface area contributed by atoms with E-state index in [9.17, 15) is 8.42 Å². The van der Waals surface area contributed by atoms with Crippen molar-refractivity contribution in [2.45, 2.75) is 46.3 Å². The summed E-state index contributed by atoms with van der Waals surface area (Å²) < 4.78 is 31.4. The molecule has 4 nitrogen and oxygen atoms in total. The van der Waals surface area contributed by atoms with Gasteiger partial charge in [-0.3, -0.25) is 0 Å². The summed E-state index contributed by atoms with van der Waals surface area (Å²) in [6.45, 7) is 6.24. The fraction of sp³-hybridized carbons (Fsp3) is 0.571. The zero-order valence-corrected chi connectivity index (χ0v) is 12.7. The Hall–Kier alpha value is -1.07. The van der Waals surface area contributed by atoms with Gasteiger partial charge in [0.1, 0.15) is 5.75 Å². The van der Waals surface area contributed by atoms with E-state index in [1.165, 1.54) is 0 Å². The van der Waals surface area contributed by atoms with Crippen LogP contribution in [0.3, 0.4) is 0 Å². The van der Waals surface area contributed by atoms with Crippen LogP contribution >= 0.6 is 0 Å². The van der Waals surface area contributed by atoms with E-state index < -0.39 is 10.0 Å². The van der Waals surface area contributed by atoms with Gasteiger partial charge in [-0.05, 0) is 38.0 Å². The van der Waals surface area contributed by atoms with Crippen LogP contribution in [0.2, 0.25) is 0 Å². The smallest absolute Gasteiger partial charge is 0.211 e. The van der Waals surface area contributed by atoms with Crippen molar-refractivity contribution in [1.29, 1.82) is 0 Å². The molecule has 1 N–H and O–H groups in total. The lowest BCUT2D eigenvalue weighted by Gasteiger charge is -2.10. The molecule has 0 unspecified atom stereocenters. The highest BCUT2D eigenvalue weighted by Gasteiger charge is 2.08. The van der Waals surface area contributed by atoms with E-state index in [2.05, 4.69) is 4.72 Å². The third kappa shape index (κ3) is 6.59. The van der Waals surface area contributed by atoms with E-state index in [1.807, 2.05) is 45.0 Å². The summed E-state index contributed by atoms with van der Waals surface area (Å²) in [5, 5.41) is 0. The zero-order valence-electron chi connectivity index (χ0n) is 11.8. The largest absolute Gasteiger partial charge is 0.491 e. The summed E-state index contributed by atoms with van der Waals surface area (Å²) in [5.41, 5.74) is 0.927. The van der Waals surface area contributed by atoms with E-state index in [-0.39, 0.29) is 11.9 Å². The van der Waals surface area contributed by atoms with Gasteiger partial charge in [0.2, 0.25) is 10.0 Å². The molecule has 0 aliphatic carbocycles. The fourth-order valence-corrected chi connectivity index (χ4v) is 2.76. The minimum atomic E-state index is -3.15. The summed E-state index contributed by atoms with van der Waals surface area (Å²) in [6, 6.07) is 7.46. The predicted molar refractivity (Wildman–Crippen MR) is 77.7 cm³/mol. The molecule has 0 aliphatic heterocycles. The molecule has 1 rings (SSSR count). The van der Waals surface area contributed by atoms with Crippen LogP contribution < -0.4 is 9.46 Å². The Bertz CT molecular complexity index is 466. The van der Waals surface area contributed by atoms with Crippen molar-refractivity contribution in [3.63, 3.8) is 0 Å². The molecule has 0 fully saturated rings. The van der Waals surface area contributed by atoms with Crippen molar-refractivity contribution >= 4 is 10.0 Å². The number of nitrogens with one attached hydrogen (secondary N) is 1. The molecule has 1 aromatic carbocycles. The maximum atomic E-state index is 11.6. The van der Waals surface area contributed by atoms with Crippen LogP contribution in [0, 0.1) is 0 Å². The predicted octanol–water partition coefficient (Wildman–Crippen LogP) is 2.69. The second kappa shape index (κ2) is 7.50. The van der Waals surface area contributed by atoms with Gasteiger partial charge in [-0.15, -0.1) is 0 Å². The SMILES string of the molecule is CCCCS(=O)(=O)NCc1ccc(OC(C)C)cc1. The maximum Gasteiger partial charge on any atom is 0.211 e. The first-order chi connectivity index (χ1) is 8.93. The van der Waals surface area contributed by atoms with E-state index >= 15 is 0 Å². The molecule has 0 heterocycles. The standard InChI is InChI=1S/C14H23NO3S/c1-4-5-10-19(16,17)15-11-13-6-8-14(9-7-13)18-12(2)3/h6-9,12,15H,4-5,10-11H2,1-3H3. The maximum absolute atomic E-state index is 11.6. The summed E-state index contributed by atoms with van der Waals surface area (Å²) in [4.78, 5) is 0. The Morgan fingerprint density at radius 3 is 2.37 bits per heavy atom. The molecule has 0 amide bonds. The Morgan fingerprint density at radius 1 is 1.21 bits per heavy atom. The number of sulfonamides is 1. The first-order valence-corrected chi connectivity index (χ1v) is 8.31. The lowest BCUT2D eigenvalue weighted by molar-refractivity contribution is 0.242. The summed E-state index contributed by atoms with van der Waals surface area (Å²) >= 11 is 0. The van der Waals surface area contributed by atoms with E-state index in [1.54, 1.807) is 0 Å². The molecule has 0 saturated heterocycles. The van der Waals surface area contributed by atoms with Crippen molar-refractivity contribution in [2.24, 2.45) is 0 Å². The van der Waals surface area contributed by atoms with Gasteiger partial charge in [-0.25, -0.2) is 13.1 Å². The molecule has 0 atom stereocenters. The van der Waals surface area contributed by atoms with Crippen LogP contribution in [0.4, 0.5) is 0 Å².